The molecule has 0 aromatic heterocycles. The van der Waals surface area contributed by atoms with Crippen molar-refractivity contribution >= 4 is 64.4 Å². The molecule has 4 rings (SSSR count). The lowest BCUT2D eigenvalue weighted by Crippen LogP contribution is -2.47. The van der Waals surface area contributed by atoms with Gasteiger partial charge in [0.25, 0.3) is 11.8 Å². The maximum Gasteiger partial charge on any atom is 0.272 e. The van der Waals surface area contributed by atoms with E-state index < -0.39 is 9.96 Å². The molecule has 0 spiro atoms. The molecule has 0 bridgehead atoms. The molecule has 0 radical (unpaired) electrons. The molecule has 2 aliphatic heterocycles. The fraction of sp³-hybridized carbons (Fsp3) is 0.222. The van der Waals surface area contributed by atoms with E-state index >= 15 is 0 Å². The van der Waals surface area contributed by atoms with E-state index in [4.69, 9.17) is 34.8 Å². The highest BCUT2D eigenvalue weighted by Gasteiger charge is 2.49. The second kappa shape index (κ2) is 7.18. The van der Waals surface area contributed by atoms with Crippen LogP contribution in [0.5, 0.6) is 0 Å². The molecule has 0 N–H and O–H groups in total. The predicted octanol–water partition coefficient (Wildman–Crippen LogP) is 4.36. The average molecular weight is 443 g/mol. The van der Waals surface area contributed by atoms with Gasteiger partial charge in [0, 0.05) is 18.8 Å². The molecule has 1 saturated heterocycles. The monoisotopic (exact) mass is 441 g/mol. The average Bonchev–Trinajstić information content (AvgIpc) is 3.19. The molecule has 0 saturated carbocycles. The van der Waals surface area contributed by atoms with Crippen molar-refractivity contribution in [3.63, 3.8) is 0 Å². The first-order chi connectivity index (χ1) is 12.9. The SMILES string of the molecule is O=C1c2ccccc2C(=O)N1SN1CCN(c2ccccc2)C1C(Cl)(Cl)Cl. The third-order valence-electron chi connectivity index (χ3n) is 4.45. The normalized spacial score (nSPS) is 20.5. The van der Waals surface area contributed by atoms with Crippen molar-refractivity contribution in [2.24, 2.45) is 0 Å². The van der Waals surface area contributed by atoms with Gasteiger partial charge in [0.2, 0.25) is 3.79 Å². The van der Waals surface area contributed by atoms with Crippen molar-refractivity contribution in [1.82, 2.24) is 8.61 Å². The van der Waals surface area contributed by atoms with E-state index in [1.165, 1.54) is 0 Å². The van der Waals surface area contributed by atoms with Crippen LogP contribution in [0.4, 0.5) is 5.69 Å². The number of hydrogen-bond acceptors (Lipinski definition) is 5. The van der Waals surface area contributed by atoms with Crippen LogP contribution in [0.2, 0.25) is 0 Å². The lowest BCUT2D eigenvalue weighted by Gasteiger charge is -2.36. The van der Waals surface area contributed by atoms with Gasteiger partial charge in [-0.2, -0.15) is 4.31 Å². The highest BCUT2D eigenvalue weighted by Crippen LogP contribution is 2.44. The second-order valence-corrected chi connectivity index (χ2v) is 9.48. The maximum atomic E-state index is 12.6. The van der Waals surface area contributed by atoms with Gasteiger partial charge in [-0.1, -0.05) is 65.1 Å². The second-order valence-electron chi connectivity index (χ2n) is 6.12. The number of carbonyl (C=O) groups is 2. The Kier molecular flexibility index (Phi) is 5.03. The summed E-state index contributed by atoms with van der Waals surface area (Å²) in [6.07, 6.45) is -0.640. The van der Waals surface area contributed by atoms with Crippen LogP contribution in [0.25, 0.3) is 0 Å². The van der Waals surface area contributed by atoms with Crippen LogP contribution in [-0.2, 0) is 0 Å². The summed E-state index contributed by atoms with van der Waals surface area (Å²) < 4.78 is 1.25. The van der Waals surface area contributed by atoms with E-state index in [9.17, 15) is 9.59 Å². The molecule has 2 aromatic rings. The fourth-order valence-electron chi connectivity index (χ4n) is 3.27. The Morgan fingerprint density at radius 1 is 0.852 bits per heavy atom. The van der Waals surface area contributed by atoms with Gasteiger partial charge in [-0.25, -0.2) is 4.31 Å². The van der Waals surface area contributed by atoms with Gasteiger partial charge in [0.15, 0.2) is 0 Å². The minimum absolute atomic E-state index is 0.359. The van der Waals surface area contributed by atoms with E-state index in [1.54, 1.807) is 28.6 Å². The number of halogens is 3. The molecule has 1 fully saturated rings. The minimum atomic E-state index is -1.64. The zero-order valence-electron chi connectivity index (χ0n) is 13.9. The van der Waals surface area contributed by atoms with Crippen molar-refractivity contribution in [2.45, 2.75) is 9.96 Å². The lowest BCUT2D eigenvalue weighted by molar-refractivity contribution is 0.0772. The summed E-state index contributed by atoms with van der Waals surface area (Å²) in [6, 6.07) is 16.3. The Balaban J connectivity index is 1.61. The predicted molar refractivity (Wildman–Crippen MR) is 109 cm³/mol. The zero-order chi connectivity index (χ0) is 19.2. The van der Waals surface area contributed by atoms with Gasteiger partial charge in [-0.05, 0) is 24.3 Å². The van der Waals surface area contributed by atoms with Crippen LogP contribution in [0, 0.1) is 0 Å². The Labute approximate surface area is 176 Å². The number of anilines is 1. The molecule has 5 nitrogen and oxygen atoms in total. The molecule has 2 amide bonds. The number of fused-ring (bicyclic) bond motifs is 1. The third-order valence-corrected chi connectivity index (χ3v) is 6.13. The van der Waals surface area contributed by atoms with Gasteiger partial charge in [0.1, 0.15) is 6.17 Å². The quantitative estimate of drug-likeness (QED) is 0.401. The Bertz CT molecular complexity index is 856. The molecule has 140 valence electrons. The molecule has 9 heteroatoms. The van der Waals surface area contributed by atoms with E-state index in [0.717, 1.165) is 22.1 Å². The topological polar surface area (TPSA) is 43.9 Å². The summed E-state index contributed by atoms with van der Waals surface area (Å²) in [6.45, 7) is 1.12. The molecular formula is C18H14Cl3N3O2S. The summed E-state index contributed by atoms with van der Waals surface area (Å²) in [5.41, 5.74) is 1.68. The molecular weight excluding hydrogens is 429 g/mol. The van der Waals surface area contributed by atoms with E-state index in [2.05, 4.69) is 0 Å². The molecule has 27 heavy (non-hydrogen) atoms. The van der Waals surface area contributed by atoms with Crippen LogP contribution >= 0.6 is 46.9 Å². The summed E-state index contributed by atoms with van der Waals surface area (Å²) in [5, 5.41) is 0. The largest absolute Gasteiger partial charge is 0.350 e. The number of alkyl halides is 3. The van der Waals surface area contributed by atoms with E-state index in [1.807, 2.05) is 35.2 Å². The van der Waals surface area contributed by atoms with Crippen LogP contribution in [0.3, 0.4) is 0 Å². The Morgan fingerprint density at radius 3 is 1.96 bits per heavy atom. The van der Waals surface area contributed by atoms with Crippen LogP contribution in [0.1, 0.15) is 20.7 Å². The summed E-state index contributed by atoms with van der Waals surface area (Å²) in [7, 11) is 0. The van der Waals surface area contributed by atoms with E-state index in [-0.39, 0.29) is 11.8 Å². The number of hydrogen-bond donors (Lipinski definition) is 0. The van der Waals surface area contributed by atoms with Gasteiger partial charge in [0.05, 0.1) is 23.3 Å². The highest BCUT2D eigenvalue weighted by molar-refractivity contribution is 7.95. The summed E-state index contributed by atoms with van der Waals surface area (Å²) >= 11 is 19.8. The summed E-state index contributed by atoms with van der Waals surface area (Å²) in [4.78, 5) is 27.3. The zero-order valence-corrected chi connectivity index (χ0v) is 17.0. The van der Waals surface area contributed by atoms with Gasteiger partial charge in [-0.3, -0.25) is 9.59 Å². The molecule has 1 unspecified atom stereocenters. The number of carbonyl (C=O) groups excluding carboxylic acids is 2. The highest BCUT2D eigenvalue weighted by atomic mass is 35.6. The number of rotatable bonds is 3. The standard InChI is InChI=1S/C18H14Cl3N3O2S/c19-18(20,21)17-22(12-6-2-1-3-7-12)10-11-23(17)27-24-15(25)13-8-4-5-9-14(13)16(24)26/h1-9,17H,10-11H2. The first kappa shape index (κ1) is 18.9. The Morgan fingerprint density at radius 2 is 1.41 bits per heavy atom. The Hall–Kier alpha value is -1.44. The third kappa shape index (κ3) is 3.41. The number of nitrogens with zero attached hydrogens (tertiary/aromatic N) is 3. The van der Waals surface area contributed by atoms with Crippen molar-refractivity contribution in [3.8, 4) is 0 Å². The number of benzene rings is 2. The van der Waals surface area contributed by atoms with Crippen LogP contribution in [0.15, 0.2) is 54.6 Å². The molecule has 2 aromatic carbocycles. The van der Waals surface area contributed by atoms with Crippen molar-refractivity contribution in [3.05, 3.63) is 65.7 Å². The molecule has 0 aliphatic carbocycles. The smallest absolute Gasteiger partial charge is 0.272 e. The number of para-hydroxylation sites is 1. The number of amides is 2. The molecule has 2 aliphatic rings. The lowest BCUT2D eigenvalue weighted by atomic mass is 10.1. The molecule has 2 heterocycles. The molecule has 1 atom stereocenters. The van der Waals surface area contributed by atoms with Gasteiger partial charge >= 0.3 is 0 Å². The van der Waals surface area contributed by atoms with Crippen molar-refractivity contribution in [1.29, 1.82) is 0 Å². The number of imide groups is 1. The van der Waals surface area contributed by atoms with Crippen LogP contribution < -0.4 is 4.90 Å². The van der Waals surface area contributed by atoms with Crippen LogP contribution in [-0.4, -0.2) is 43.5 Å². The summed E-state index contributed by atoms with van der Waals surface area (Å²) in [5.74, 6) is -0.719. The minimum Gasteiger partial charge on any atom is -0.350 e. The maximum absolute atomic E-state index is 12.6. The van der Waals surface area contributed by atoms with Crippen molar-refractivity contribution < 1.29 is 9.59 Å². The van der Waals surface area contributed by atoms with Gasteiger partial charge in [-0.15, -0.1) is 0 Å². The van der Waals surface area contributed by atoms with E-state index in [0.29, 0.717) is 24.2 Å². The first-order valence-corrected chi connectivity index (χ1v) is 10.1. The fourth-order valence-corrected chi connectivity index (χ4v) is 5.23. The van der Waals surface area contributed by atoms with Gasteiger partial charge < -0.3 is 4.90 Å². The first-order valence-electron chi connectivity index (χ1n) is 8.19. The van der Waals surface area contributed by atoms with Crippen molar-refractivity contribution in [2.75, 3.05) is 18.0 Å².